The van der Waals surface area contributed by atoms with Gasteiger partial charge in [0.05, 0.1) is 27.7 Å². The fourth-order valence-corrected chi connectivity index (χ4v) is 9.95. The smallest absolute Gasteiger partial charge is 0.306 e. The summed E-state index contributed by atoms with van der Waals surface area (Å²) in [7, 11) is 1.16. The SMILES string of the molecule is CC/C=C\C/C=C\C/C=C\C/C=C\C/C=C\C/C=C\CCCCCCCCCCCCCCCCCCCCCCC(=O)OC(COC(=O)CCCCCCCCC/C=C\C/C=C\CCCCCC)COP(=O)([O-])OCC[N+](C)(C)C. The van der Waals surface area contributed by atoms with Crippen molar-refractivity contribution in [2.24, 2.45) is 0 Å². The van der Waals surface area contributed by atoms with E-state index in [1.165, 1.54) is 161 Å². The molecule has 0 N–H and O–H groups in total. The van der Waals surface area contributed by atoms with Gasteiger partial charge < -0.3 is 27.9 Å². The first-order valence-corrected chi connectivity index (χ1v) is 34.9. The van der Waals surface area contributed by atoms with Crippen LogP contribution in [0.4, 0.5) is 0 Å². The van der Waals surface area contributed by atoms with E-state index >= 15 is 0 Å². The summed E-state index contributed by atoms with van der Waals surface area (Å²) in [6.07, 6.45) is 84.8. The molecular formula is C71H126NO8P. The normalized spacial score (nSPS) is 13.8. The molecule has 0 rings (SSSR count). The van der Waals surface area contributed by atoms with Crippen molar-refractivity contribution in [3.8, 4) is 0 Å². The number of ether oxygens (including phenoxy) is 2. The van der Waals surface area contributed by atoms with E-state index in [0.717, 1.165) is 96.3 Å². The number of quaternary nitrogens is 1. The fourth-order valence-electron chi connectivity index (χ4n) is 9.22. The lowest BCUT2D eigenvalue weighted by molar-refractivity contribution is -0.870. The number of likely N-dealkylation sites (N-methyl/N-ethyl adjacent to an activating group) is 1. The Balaban J connectivity index is 3.98. The molecule has 0 saturated carbocycles. The minimum Gasteiger partial charge on any atom is -0.756 e. The van der Waals surface area contributed by atoms with Crippen molar-refractivity contribution in [3.63, 3.8) is 0 Å². The molecule has 9 nitrogen and oxygen atoms in total. The second-order valence-corrected chi connectivity index (χ2v) is 24.9. The highest BCUT2D eigenvalue weighted by atomic mass is 31.2. The van der Waals surface area contributed by atoms with Gasteiger partial charge in [0.1, 0.15) is 19.8 Å². The van der Waals surface area contributed by atoms with E-state index in [2.05, 4.69) is 111 Å². The third-order valence-corrected chi connectivity index (χ3v) is 15.3. The predicted molar refractivity (Wildman–Crippen MR) is 346 cm³/mol. The molecule has 0 aromatic carbocycles. The van der Waals surface area contributed by atoms with Gasteiger partial charge in [-0.05, 0) is 96.3 Å². The van der Waals surface area contributed by atoms with E-state index in [1.54, 1.807) is 0 Å². The predicted octanol–water partition coefficient (Wildman–Crippen LogP) is 20.9. The minimum absolute atomic E-state index is 0.0337. The van der Waals surface area contributed by atoms with Crippen molar-refractivity contribution in [3.05, 3.63) is 97.2 Å². The van der Waals surface area contributed by atoms with Crippen LogP contribution >= 0.6 is 7.82 Å². The fraction of sp³-hybridized carbons (Fsp3) is 0.746. The van der Waals surface area contributed by atoms with Gasteiger partial charge >= 0.3 is 11.9 Å². The number of phosphoric ester groups is 1. The highest BCUT2D eigenvalue weighted by Gasteiger charge is 2.22. The van der Waals surface area contributed by atoms with E-state index in [9.17, 15) is 19.0 Å². The molecule has 0 aliphatic heterocycles. The Bertz CT molecular complexity index is 1690. The van der Waals surface area contributed by atoms with Crippen LogP contribution in [0.2, 0.25) is 0 Å². The topological polar surface area (TPSA) is 111 Å². The van der Waals surface area contributed by atoms with Gasteiger partial charge in [0.15, 0.2) is 6.10 Å². The van der Waals surface area contributed by atoms with Crippen LogP contribution in [0.15, 0.2) is 97.2 Å². The maximum Gasteiger partial charge on any atom is 0.306 e. The van der Waals surface area contributed by atoms with Crippen LogP contribution in [0, 0.1) is 0 Å². The van der Waals surface area contributed by atoms with E-state index < -0.39 is 26.5 Å². The molecule has 81 heavy (non-hydrogen) atoms. The number of esters is 2. The lowest BCUT2D eigenvalue weighted by Crippen LogP contribution is -2.37. The Morgan fingerprint density at radius 2 is 0.704 bits per heavy atom. The molecule has 0 radical (unpaired) electrons. The third-order valence-electron chi connectivity index (χ3n) is 14.3. The monoisotopic (exact) mass is 1150 g/mol. The summed E-state index contributed by atoms with van der Waals surface area (Å²) in [5.41, 5.74) is 0. The Morgan fingerprint density at radius 1 is 0.395 bits per heavy atom. The number of carbonyl (C=O) groups is 2. The van der Waals surface area contributed by atoms with Crippen LogP contribution < -0.4 is 4.89 Å². The van der Waals surface area contributed by atoms with Gasteiger partial charge in [-0.25, -0.2) is 0 Å². The second kappa shape index (κ2) is 61.5. The number of carbonyl (C=O) groups excluding carboxylic acids is 2. The van der Waals surface area contributed by atoms with Gasteiger partial charge in [-0.15, -0.1) is 0 Å². The molecule has 0 spiro atoms. The van der Waals surface area contributed by atoms with Crippen molar-refractivity contribution in [2.45, 2.75) is 296 Å². The molecular weight excluding hydrogens is 1030 g/mol. The van der Waals surface area contributed by atoms with Crippen molar-refractivity contribution >= 4 is 19.8 Å². The van der Waals surface area contributed by atoms with Crippen molar-refractivity contribution < 1.29 is 42.1 Å². The average Bonchev–Trinajstić information content (AvgIpc) is 3.43. The number of unbranched alkanes of at least 4 members (excludes halogenated alkanes) is 31. The molecule has 0 saturated heterocycles. The molecule has 0 amide bonds. The molecule has 0 heterocycles. The number of rotatable bonds is 61. The number of hydrogen-bond acceptors (Lipinski definition) is 8. The van der Waals surface area contributed by atoms with E-state index in [0.29, 0.717) is 17.4 Å². The van der Waals surface area contributed by atoms with Crippen LogP contribution in [0.3, 0.4) is 0 Å². The quantitative estimate of drug-likeness (QED) is 0.0195. The van der Waals surface area contributed by atoms with Gasteiger partial charge in [0, 0.05) is 12.8 Å². The largest absolute Gasteiger partial charge is 0.756 e. The Morgan fingerprint density at radius 3 is 1.05 bits per heavy atom. The standard InChI is InChI=1S/C71H126NO8P/c1-6-8-10-12-14-16-18-20-22-24-26-27-28-29-30-31-32-33-34-35-36-37-38-39-40-41-42-43-44-45-46-48-50-52-54-56-58-60-62-64-71(74)80-69(68-79-81(75,76)78-66-65-72(3,4)5)67-77-70(73)63-61-59-57-55-53-51-49-47-25-23-21-19-17-15-13-11-9-7-2/h8,10,14,16-17,19-20,22-23,25-27,29-30,32-33,69H,6-7,9,11-13,15,18,21,24,28,31,34-68H2,1-5H3/b10-8-,16-14-,19-17-,22-20-,25-23-,27-26-,30-29-,33-32-. The first kappa shape index (κ1) is 77.9. The molecule has 0 aromatic heterocycles. The van der Waals surface area contributed by atoms with Crippen LogP contribution in [0.1, 0.15) is 290 Å². The van der Waals surface area contributed by atoms with Gasteiger partial charge in [-0.1, -0.05) is 278 Å². The summed E-state index contributed by atoms with van der Waals surface area (Å²) in [6.45, 7) is 4.12. The number of phosphoric acid groups is 1. The lowest BCUT2D eigenvalue weighted by atomic mass is 10.0. The van der Waals surface area contributed by atoms with Crippen LogP contribution in [-0.2, 0) is 32.7 Å². The Labute approximate surface area is 500 Å². The van der Waals surface area contributed by atoms with Gasteiger partial charge in [-0.2, -0.15) is 0 Å². The summed E-state index contributed by atoms with van der Waals surface area (Å²) in [4.78, 5) is 38.0. The van der Waals surface area contributed by atoms with Crippen molar-refractivity contribution in [2.75, 3.05) is 47.5 Å². The summed E-state index contributed by atoms with van der Waals surface area (Å²) >= 11 is 0. The van der Waals surface area contributed by atoms with Crippen LogP contribution in [0.25, 0.3) is 0 Å². The van der Waals surface area contributed by atoms with Gasteiger partial charge in [0.25, 0.3) is 7.82 Å². The zero-order valence-corrected chi connectivity index (χ0v) is 54.1. The van der Waals surface area contributed by atoms with E-state index in [4.69, 9.17) is 18.5 Å². The molecule has 468 valence electrons. The maximum atomic E-state index is 12.8. The number of nitrogens with zero attached hydrogens (tertiary/aromatic N) is 1. The first-order valence-electron chi connectivity index (χ1n) is 33.4. The molecule has 0 aromatic rings. The van der Waals surface area contributed by atoms with Crippen molar-refractivity contribution in [1.29, 1.82) is 0 Å². The number of allylic oxidation sites excluding steroid dienone is 16. The summed E-state index contributed by atoms with van der Waals surface area (Å²) in [5, 5.41) is 0. The highest BCUT2D eigenvalue weighted by Crippen LogP contribution is 2.38. The lowest BCUT2D eigenvalue weighted by Gasteiger charge is -2.28. The molecule has 0 fully saturated rings. The Hall–Kier alpha value is -3.07. The van der Waals surface area contributed by atoms with Crippen LogP contribution in [0.5, 0.6) is 0 Å². The third kappa shape index (κ3) is 65.9. The molecule has 0 aliphatic rings. The molecule has 2 unspecified atom stereocenters. The summed E-state index contributed by atoms with van der Waals surface area (Å²) in [6, 6.07) is 0. The molecule has 0 aliphatic carbocycles. The first-order chi connectivity index (χ1) is 39.5. The zero-order valence-electron chi connectivity index (χ0n) is 53.2. The molecule has 2 atom stereocenters. The van der Waals surface area contributed by atoms with Crippen molar-refractivity contribution in [1.82, 2.24) is 0 Å². The zero-order chi connectivity index (χ0) is 59.1. The van der Waals surface area contributed by atoms with E-state index in [1.807, 2.05) is 21.1 Å². The minimum atomic E-state index is -4.64. The van der Waals surface area contributed by atoms with E-state index in [-0.39, 0.29) is 32.0 Å². The average molecular weight is 1150 g/mol. The molecule has 0 bridgehead atoms. The second-order valence-electron chi connectivity index (χ2n) is 23.5. The highest BCUT2D eigenvalue weighted by molar-refractivity contribution is 7.45. The summed E-state index contributed by atoms with van der Waals surface area (Å²) in [5.74, 6) is -0.835. The van der Waals surface area contributed by atoms with Gasteiger partial charge in [0.2, 0.25) is 0 Å². The van der Waals surface area contributed by atoms with Gasteiger partial charge in [-0.3, -0.25) is 14.2 Å². The maximum absolute atomic E-state index is 12.8. The summed E-state index contributed by atoms with van der Waals surface area (Å²) < 4.78 is 34.2. The Kier molecular flexibility index (Phi) is 59.2. The van der Waals surface area contributed by atoms with Crippen LogP contribution in [-0.4, -0.2) is 70.0 Å². The molecule has 10 heteroatoms. The number of hydrogen-bond donors (Lipinski definition) is 0.